The van der Waals surface area contributed by atoms with E-state index in [1.54, 1.807) is 7.11 Å². The summed E-state index contributed by atoms with van der Waals surface area (Å²) in [6.45, 7) is 4.19. The van der Waals surface area contributed by atoms with Gasteiger partial charge in [0.15, 0.2) is 0 Å². The molecule has 0 spiro atoms. The maximum atomic E-state index is 10.7. The first-order valence-electron chi connectivity index (χ1n) is 11.3. The Balaban J connectivity index is 1.18. The average molecular weight is 451 g/mol. The number of β-amino-alcohol motifs (C(OH)–C–C–N with tert-alkyl or cyclic N) is 1. The zero-order chi connectivity index (χ0) is 22.1. The van der Waals surface area contributed by atoms with Gasteiger partial charge in [0.1, 0.15) is 24.2 Å². The number of thiophene rings is 1. The van der Waals surface area contributed by atoms with Gasteiger partial charge < -0.3 is 19.6 Å². The van der Waals surface area contributed by atoms with Crippen LogP contribution in [0.15, 0.2) is 54.7 Å². The Morgan fingerprint density at radius 3 is 2.84 bits per heavy atom. The average Bonchev–Trinajstić information content (AvgIpc) is 3.46. The topological polar surface area (TPSA) is 57.7 Å². The lowest BCUT2D eigenvalue weighted by molar-refractivity contribution is 0.0408. The zero-order valence-electron chi connectivity index (χ0n) is 18.6. The Labute approximate surface area is 192 Å². The van der Waals surface area contributed by atoms with E-state index in [-0.39, 0.29) is 0 Å². The highest BCUT2D eigenvalue weighted by Crippen LogP contribution is 2.40. The highest BCUT2D eigenvalue weighted by Gasteiger charge is 2.29. The molecule has 0 saturated carbocycles. The van der Waals surface area contributed by atoms with Crippen molar-refractivity contribution in [1.29, 1.82) is 0 Å². The van der Waals surface area contributed by atoms with E-state index in [2.05, 4.69) is 35.0 Å². The molecule has 2 aromatic heterocycles. The number of piperidine rings is 1. The van der Waals surface area contributed by atoms with Crippen molar-refractivity contribution in [2.75, 3.05) is 26.8 Å². The summed E-state index contributed by atoms with van der Waals surface area (Å²) in [7, 11) is 1.74. The molecule has 1 aliphatic rings. The fourth-order valence-corrected chi connectivity index (χ4v) is 6.10. The van der Waals surface area contributed by atoms with Crippen molar-refractivity contribution < 1.29 is 14.6 Å². The molecule has 1 fully saturated rings. The minimum absolute atomic E-state index is 0.299. The number of methoxy groups -OCH3 is 1. The molecule has 2 N–H and O–H groups in total. The van der Waals surface area contributed by atoms with Crippen molar-refractivity contribution in [3.05, 3.63) is 59.6 Å². The third-order valence-electron chi connectivity index (χ3n) is 6.61. The number of fused-ring (bicyclic) bond motifs is 2. The highest BCUT2D eigenvalue weighted by molar-refractivity contribution is 7.19. The number of nitrogens with one attached hydrogen (secondary N) is 1. The van der Waals surface area contributed by atoms with Crippen LogP contribution in [0.1, 0.15) is 30.6 Å². The molecule has 1 aliphatic heterocycles. The van der Waals surface area contributed by atoms with Crippen LogP contribution in [0.25, 0.3) is 21.0 Å². The molecule has 1 saturated heterocycles. The summed E-state index contributed by atoms with van der Waals surface area (Å²) < 4.78 is 12.8. The Morgan fingerprint density at radius 2 is 2.00 bits per heavy atom. The lowest BCUT2D eigenvalue weighted by atomic mass is 9.90. The molecule has 5 nitrogen and oxygen atoms in total. The molecule has 3 heterocycles. The number of aromatic amines is 1. The van der Waals surface area contributed by atoms with Gasteiger partial charge in [-0.05, 0) is 68.6 Å². The van der Waals surface area contributed by atoms with E-state index in [0.717, 1.165) is 41.8 Å². The quantitative estimate of drug-likeness (QED) is 0.396. The number of aliphatic hydroxyl groups is 1. The number of aromatic nitrogens is 1. The zero-order valence-corrected chi connectivity index (χ0v) is 19.4. The fraction of sp³-hybridized carbons (Fsp3) is 0.385. The van der Waals surface area contributed by atoms with Crippen LogP contribution in [0.4, 0.5) is 0 Å². The molecular formula is C26H30N2O3S. The first kappa shape index (κ1) is 21.3. The van der Waals surface area contributed by atoms with Crippen molar-refractivity contribution >= 4 is 32.3 Å². The predicted octanol–water partition coefficient (Wildman–Crippen LogP) is 5.40. The summed E-state index contributed by atoms with van der Waals surface area (Å²) in [6, 6.07) is 17.0. The first-order chi connectivity index (χ1) is 15.6. The molecule has 3 atom stereocenters. The summed E-state index contributed by atoms with van der Waals surface area (Å²) in [6.07, 6.45) is 3.60. The van der Waals surface area contributed by atoms with E-state index in [1.807, 2.05) is 47.9 Å². The van der Waals surface area contributed by atoms with E-state index in [0.29, 0.717) is 25.1 Å². The number of hydrogen-bond acceptors (Lipinski definition) is 5. The number of benzene rings is 2. The lowest BCUT2D eigenvalue weighted by Gasteiger charge is -2.38. The van der Waals surface area contributed by atoms with E-state index in [1.165, 1.54) is 15.0 Å². The number of likely N-dealkylation sites (tertiary alicyclic amines) is 1. The van der Waals surface area contributed by atoms with Gasteiger partial charge in [-0.15, -0.1) is 11.3 Å². The molecule has 2 aromatic carbocycles. The van der Waals surface area contributed by atoms with Crippen LogP contribution >= 0.6 is 11.3 Å². The SMILES string of the molecule is COc1cccc2sc(C3CCN(CC(O)COc4cccc5[nH]ccc45)C(C)C3)cc12. The minimum atomic E-state index is -0.517. The molecule has 32 heavy (non-hydrogen) atoms. The molecule has 0 amide bonds. The Bertz CT molecular complexity index is 1200. The summed E-state index contributed by atoms with van der Waals surface area (Å²) in [4.78, 5) is 7.04. The molecule has 6 heteroatoms. The van der Waals surface area contributed by atoms with Crippen molar-refractivity contribution in [1.82, 2.24) is 9.88 Å². The van der Waals surface area contributed by atoms with Gasteiger partial charge in [0.2, 0.25) is 0 Å². The Hall–Kier alpha value is -2.54. The summed E-state index contributed by atoms with van der Waals surface area (Å²) in [5.41, 5.74) is 1.05. The molecule has 0 radical (unpaired) electrons. The second-order valence-corrected chi connectivity index (χ2v) is 9.86. The van der Waals surface area contributed by atoms with Gasteiger partial charge in [0.05, 0.1) is 7.11 Å². The Morgan fingerprint density at radius 1 is 1.16 bits per heavy atom. The normalized spacial score (nSPS) is 20.6. The summed E-state index contributed by atoms with van der Waals surface area (Å²) in [5.74, 6) is 2.33. The monoisotopic (exact) mass is 450 g/mol. The van der Waals surface area contributed by atoms with Gasteiger partial charge in [0, 0.05) is 44.6 Å². The molecule has 0 aliphatic carbocycles. The number of nitrogens with zero attached hydrogens (tertiary/aromatic N) is 1. The number of ether oxygens (including phenoxy) is 2. The van der Waals surface area contributed by atoms with Gasteiger partial charge in [0.25, 0.3) is 0 Å². The third-order valence-corrected chi connectivity index (χ3v) is 7.87. The Kier molecular flexibility index (Phi) is 6.09. The largest absolute Gasteiger partial charge is 0.496 e. The molecule has 168 valence electrons. The third kappa shape index (κ3) is 4.22. The van der Waals surface area contributed by atoms with Crippen molar-refractivity contribution in [2.24, 2.45) is 0 Å². The van der Waals surface area contributed by atoms with E-state index < -0.39 is 6.10 Å². The van der Waals surface area contributed by atoms with E-state index in [9.17, 15) is 5.11 Å². The second kappa shape index (κ2) is 9.14. The summed E-state index contributed by atoms with van der Waals surface area (Å²) in [5, 5.41) is 12.9. The predicted molar refractivity (Wildman–Crippen MR) is 131 cm³/mol. The standard InChI is InChI=1S/C26H30N2O3S/c1-17-13-18(26-14-21-23(30-2)6-4-8-25(21)32-26)10-12-28(17)15-19(29)16-31-24-7-3-5-22-20(24)9-11-27-22/h3-9,11,14,17-19,27,29H,10,12-13,15-16H2,1-2H3. The second-order valence-electron chi connectivity index (χ2n) is 8.75. The number of hydrogen-bond donors (Lipinski definition) is 2. The molecular weight excluding hydrogens is 420 g/mol. The lowest BCUT2D eigenvalue weighted by Crippen LogP contribution is -2.45. The van der Waals surface area contributed by atoms with Crippen LogP contribution in [0.3, 0.4) is 0 Å². The molecule has 4 aromatic rings. The van der Waals surface area contributed by atoms with Gasteiger partial charge in [-0.2, -0.15) is 0 Å². The molecule has 5 rings (SSSR count). The van der Waals surface area contributed by atoms with Crippen molar-refractivity contribution in [3.8, 4) is 11.5 Å². The van der Waals surface area contributed by atoms with Crippen LogP contribution in [-0.4, -0.2) is 53.9 Å². The van der Waals surface area contributed by atoms with Gasteiger partial charge >= 0.3 is 0 Å². The van der Waals surface area contributed by atoms with Crippen LogP contribution in [0.2, 0.25) is 0 Å². The van der Waals surface area contributed by atoms with Gasteiger partial charge in [-0.1, -0.05) is 12.1 Å². The van der Waals surface area contributed by atoms with Crippen molar-refractivity contribution in [2.45, 2.75) is 37.8 Å². The van der Waals surface area contributed by atoms with Crippen LogP contribution < -0.4 is 9.47 Å². The van der Waals surface area contributed by atoms with Crippen molar-refractivity contribution in [3.63, 3.8) is 0 Å². The number of rotatable bonds is 7. The number of aliphatic hydroxyl groups excluding tert-OH is 1. The van der Waals surface area contributed by atoms with Gasteiger partial charge in [-0.25, -0.2) is 0 Å². The maximum absolute atomic E-state index is 10.7. The minimum Gasteiger partial charge on any atom is -0.496 e. The molecule has 3 unspecified atom stereocenters. The smallest absolute Gasteiger partial charge is 0.128 e. The van der Waals surface area contributed by atoms with Crippen LogP contribution in [0.5, 0.6) is 11.5 Å². The first-order valence-corrected chi connectivity index (χ1v) is 12.1. The van der Waals surface area contributed by atoms with E-state index >= 15 is 0 Å². The number of H-pyrrole nitrogens is 1. The van der Waals surface area contributed by atoms with Crippen LogP contribution in [0, 0.1) is 0 Å². The maximum Gasteiger partial charge on any atom is 0.128 e. The van der Waals surface area contributed by atoms with Gasteiger partial charge in [-0.3, -0.25) is 4.90 Å². The summed E-state index contributed by atoms with van der Waals surface area (Å²) >= 11 is 1.89. The highest BCUT2D eigenvalue weighted by atomic mass is 32.1. The molecule has 0 bridgehead atoms. The fourth-order valence-electron chi connectivity index (χ4n) is 4.88. The van der Waals surface area contributed by atoms with E-state index in [4.69, 9.17) is 9.47 Å². The van der Waals surface area contributed by atoms with Crippen LogP contribution in [-0.2, 0) is 0 Å².